The molecule has 1 aliphatic heterocycles. The molecule has 0 amide bonds. The minimum atomic E-state index is -0.469. The van der Waals surface area contributed by atoms with E-state index in [0.717, 1.165) is 12.4 Å². The molecule has 6 nitrogen and oxygen atoms in total. The number of hydrogen-bond donors (Lipinski definition) is 0. The minimum Gasteiger partial charge on any atom is -0.465 e. The van der Waals surface area contributed by atoms with E-state index in [4.69, 9.17) is 21.1 Å². The molecule has 1 atom stereocenters. The number of carbonyl (C=O) groups is 1. The summed E-state index contributed by atoms with van der Waals surface area (Å²) < 4.78 is 10.3. The number of ether oxygens (including phenoxy) is 2. The monoisotopic (exact) mass is 325 g/mol. The van der Waals surface area contributed by atoms with Crippen LogP contribution in [0.1, 0.15) is 29.8 Å². The van der Waals surface area contributed by atoms with Crippen LogP contribution in [0.3, 0.4) is 0 Å². The predicted octanol–water partition coefficient (Wildman–Crippen LogP) is 2.60. The first kappa shape index (κ1) is 16.7. The lowest BCUT2D eigenvalue weighted by Gasteiger charge is -2.34. The van der Waals surface area contributed by atoms with Crippen LogP contribution in [0, 0.1) is 6.92 Å². The van der Waals surface area contributed by atoms with E-state index >= 15 is 0 Å². The summed E-state index contributed by atoms with van der Waals surface area (Å²) in [4.78, 5) is 22.8. The van der Waals surface area contributed by atoms with Crippen molar-refractivity contribution in [3.63, 3.8) is 0 Å². The fraction of sp³-hybridized carbons (Fsp3) is 0.533. The second kappa shape index (κ2) is 7.07. The first-order chi connectivity index (χ1) is 10.5. The normalized spacial score (nSPS) is 19.2. The summed E-state index contributed by atoms with van der Waals surface area (Å²) in [5, 5.41) is 0.186. The molecule has 0 aliphatic carbocycles. The van der Waals surface area contributed by atoms with Crippen LogP contribution < -0.4 is 0 Å². The fourth-order valence-electron chi connectivity index (χ4n) is 2.46. The molecule has 0 radical (unpaired) electrons. The lowest BCUT2D eigenvalue weighted by atomic mass is 10.1. The summed E-state index contributed by atoms with van der Waals surface area (Å²) in [6.07, 6.45) is 1.54. The van der Waals surface area contributed by atoms with Crippen molar-refractivity contribution in [3.05, 3.63) is 22.5 Å². The highest BCUT2D eigenvalue weighted by molar-refractivity contribution is 6.32. The molecule has 120 valence electrons. The molecule has 0 N–H and O–H groups in total. The van der Waals surface area contributed by atoms with Crippen molar-refractivity contribution in [2.75, 3.05) is 26.9 Å². The van der Waals surface area contributed by atoms with Gasteiger partial charge in [0.15, 0.2) is 5.15 Å². The maximum atomic E-state index is 12.0. The Morgan fingerprint density at radius 1 is 1.59 bits per heavy atom. The largest absolute Gasteiger partial charge is 0.465 e. The molecule has 0 aromatic carbocycles. The van der Waals surface area contributed by atoms with Crippen LogP contribution in [0.25, 0.3) is 0 Å². The van der Waals surface area contributed by atoms with E-state index in [1.807, 2.05) is 6.92 Å². The summed E-state index contributed by atoms with van der Waals surface area (Å²) >= 11 is 6.15. The van der Waals surface area contributed by atoms with E-state index < -0.39 is 5.97 Å². The van der Waals surface area contributed by atoms with Gasteiger partial charge in [-0.1, -0.05) is 11.6 Å². The highest BCUT2D eigenvalue weighted by Gasteiger charge is 2.23. The zero-order valence-corrected chi connectivity index (χ0v) is 14.0. The topological polar surface area (TPSA) is 64.0 Å². The number of aromatic nitrogens is 1. The van der Waals surface area contributed by atoms with Crippen LogP contribution >= 0.6 is 11.6 Å². The van der Waals surface area contributed by atoms with E-state index in [1.54, 1.807) is 13.1 Å². The van der Waals surface area contributed by atoms with Crippen molar-refractivity contribution < 1.29 is 14.3 Å². The molecule has 0 spiro atoms. The number of amidine groups is 1. The Bertz CT molecular complexity index is 604. The third kappa shape index (κ3) is 3.39. The lowest BCUT2D eigenvalue weighted by Crippen LogP contribution is -2.46. The second-order valence-corrected chi connectivity index (χ2v) is 5.58. The average Bonchev–Trinajstić information content (AvgIpc) is 2.50. The van der Waals surface area contributed by atoms with E-state index in [1.165, 1.54) is 7.11 Å². The number of esters is 1. The Balaban J connectivity index is 2.45. The van der Waals surface area contributed by atoms with E-state index in [-0.39, 0.29) is 11.2 Å². The Morgan fingerprint density at radius 2 is 2.32 bits per heavy atom. The highest BCUT2D eigenvalue weighted by Crippen LogP contribution is 2.30. The van der Waals surface area contributed by atoms with Gasteiger partial charge in [-0.15, -0.1) is 0 Å². The number of hydrogen-bond acceptors (Lipinski definition) is 5. The molecular formula is C15H20ClN3O3. The second-order valence-electron chi connectivity index (χ2n) is 5.22. The van der Waals surface area contributed by atoms with Gasteiger partial charge in [-0.25, -0.2) is 14.8 Å². The van der Waals surface area contributed by atoms with Crippen molar-refractivity contribution in [1.29, 1.82) is 0 Å². The van der Waals surface area contributed by atoms with Gasteiger partial charge in [0.1, 0.15) is 11.5 Å². The van der Waals surface area contributed by atoms with Gasteiger partial charge in [0.25, 0.3) is 0 Å². The summed E-state index contributed by atoms with van der Waals surface area (Å²) in [6, 6.07) is 0.218. The smallest absolute Gasteiger partial charge is 0.340 e. The Hall–Kier alpha value is -1.66. The average molecular weight is 326 g/mol. The number of rotatable bonds is 2. The molecule has 7 heteroatoms. The fourth-order valence-corrected chi connectivity index (χ4v) is 2.65. The number of carbonyl (C=O) groups excluding carboxylic acids is 1. The molecule has 1 aliphatic rings. The Labute approximate surface area is 135 Å². The van der Waals surface area contributed by atoms with Crippen molar-refractivity contribution >= 4 is 29.1 Å². The van der Waals surface area contributed by atoms with Crippen LogP contribution in [0.2, 0.25) is 5.15 Å². The van der Waals surface area contributed by atoms with E-state index in [0.29, 0.717) is 30.0 Å². The predicted molar refractivity (Wildman–Crippen MR) is 85.1 cm³/mol. The van der Waals surface area contributed by atoms with E-state index in [2.05, 4.69) is 21.8 Å². The van der Waals surface area contributed by atoms with Gasteiger partial charge in [0.05, 0.1) is 31.9 Å². The standard InChI is InChI=1S/C15H20ClN3O3/c1-9-7-17-14(16)13(12(9)15(20)21-4)18-11(3)19-5-6-22-8-10(19)2/h7,10H,5-6,8H2,1-4H3/b18-11+/t10-/m1/s1. The van der Waals surface area contributed by atoms with Crippen molar-refractivity contribution in [2.45, 2.75) is 26.8 Å². The van der Waals surface area contributed by atoms with Crippen LogP contribution in [0.4, 0.5) is 5.69 Å². The molecule has 1 saturated heterocycles. The SMILES string of the molecule is COC(=O)c1c(C)cnc(Cl)c1/N=C(\C)N1CCOC[C@H]1C. The maximum absolute atomic E-state index is 12.0. The van der Waals surface area contributed by atoms with Crippen LogP contribution in [0.15, 0.2) is 11.2 Å². The van der Waals surface area contributed by atoms with Gasteiger partial charge in [0, 0.05) is 12.7 Å². The molecular weight excluding hydrogens is 306 g/mol. The van der Waals surface area contributed by atoms with Crippen molar-refractivity contribution in [1.82, 2.24) is 9.88 Å². The number of methoxy groups -OCH3 is 1. The molecule has 2 heterocycles. The summed E-state index contributed by atoms with van der Waals surface area (Å²) in [7, 11) is 1.33. The Kier molecular flexibility index (Phi) is 5.37. The summed E-state index contributed by atoms with van der Waals surface area (Å²) in [5.74, 6) is 0.304. The zero-order valence-electron chi connectivity index (χ0n) is 13.2. The Morgan fingerprint density at radius 3 is 2.95 bits per heavy atom. The lowest BCUT2D eigenvalue weighted by molar-refractivity contribution is 0.0330. The number of aliphatic imine (C=N–C) groups is 1. The summed E-state index contributed by atoms with van der Waals surface area (Å²) in [6.45, 7) is 7.79. The van der Waals surface area contributed by atoms with Crippen LogP contribution in [0.5, 0.6) is 0 Å². The molecule has 1 fully saturated rings. The van der Waals surface area contributed by atoms with Gasteiger partial charge in [-0.2, -0.15) is 0 Å². The number of pyridine rings is 1. The van der Waals surface area contributed by atoms with Crippen molar-refractivity contribution in [3.8, 4) is 0 Å². The van der Waals surface area contributed by atoms with Gasteiger partial charge < -0.3 is 14.4 Å². The summed E-state index contributed by atoms with van der Waals surface area (Å²) in [5.41, 5.74) is 1.38. The zero-order chi connectivity index (χ0) is 16.3. The van der Waals surface area contributed by atoms with Gasteiger partial charge in [-0.05, 0) is 26.3 Å². The molecule has 2 rings (SSSR count). The highest BCUT2D eigenvalue weighted by atomic mass is 35.5. The number of halogens is 1. The molecule has 1 aromatic heterocycles. The van der Waals surface area contributed by atoms with Crippen molar-refractivity contribution in [2.24, 2.45) is 4.99 Å². The number of aryl methyl sites for hydroxylation is 1. The maximum Gasteiger partial charge on any atom is 0.340 e. The number of nitrogens with zero attached hydrogens (tertiary/aromatic N) is 3. The first-order valence-electron chi connectivity index (χ1n) is 7.08. The number of morpholine rings is 1. The van der Waals surface area contributed by atoms with Gasteiger partial charge >= 0.3 is 5.97 Å². The minimum absolute atomic E-state index is 0.186. The third-order valence-electron chi connectivity index (χ3n) is 3.64. The first-order valence-corrected chi connectivity index (χ1v) is 7.46. The molecule has 0 saturated carbocycles. The molecule has 0 unspecified atom stereocenters. The molecule has 22 heavy (non-hydrogen) atoms. The van der Waals surface area contributed by atoms with Gasteiger partial charge in [-0.3, -0.25) is 0 Å². The van der Waals surface area contributed by atoms with Crippen LogP contribution in [-0.2, 0) is 9.47 Å². The van der Waals surface area contributed by atoms with Gasteiger partial charge in [0.2, 0.25) is 0 Å². The van der Waals surface area contributed by atoms with Crippen LogP contribution in [-0.4, -0.2) is 54.6 Å². The molecule has 1 aromatic rings. The quantitative estimate of drug-likeness (QED) is 0.362. The molecule has 0 bridgehead atoms. The third-order valence-corrected chi connectivity index (χ3v) is 3.92. The van der Waals surface area contributed by atoms with E-state index in [9.17, 15) is 4.79 Å².